The summed E-state index contributed by atoms with van der Waals surface area (Å²) in [4.78, 5) is 26.2. The molecule has 4 fully saturated rings. The number of ketones is 1. The second-order valence-corrected chi connectivity index (χ2v) is 5.17. The predicted molar refractivity (Wildman–Crippen MR) is 49.4 cm³/mol. The van der Waals surface area contributed by atoms with Gasteiger partial charge in [-0.15, -0.1) is 0 Å². The lowest BCUT2D eigenvalue weighted by Crippen LogP contribution is -2.54. The van der Waals surface area contributed by atoms with E-state index in [1.807, 2.05) is 0 Å². The summed E-state index contributed by atoms with van der Waals surface area (Å²) in [5.41, 5.74) is -0.188. The molecule has 4 rings (SSSR count). The van der Waals surface area contributed by atoms with E-state index in [9.17, 15) is 9.59 Å². The molecule has 3 heteroatoms. The van der Waals surface area contributed by atoms with E-state index >= 15 is 0 Å². The van der Waals surface area contributed by atoms with Gasteiger partial charge in [-0.2, -0.15) is 4.99 Å². The van der Waals surface area contributed by atoms with Gasteiger partial charge in [0.05, 0.1) is 5.54 Å². The topological polar surface area (TPSA) is 46.5 Å². The minimum Gasteiger partial charge on any atom is -0.299 e. The Balaban J connectivity index is 1.99. The van der Waals surface area contributed by atoms with E-state index in [1.165, 1.54) is 0 Å². The van der Waals surface area contributed by atoms with Gasteiger partial charge >= 0.3 is 0 Å². The minimum atomic E-state index is -0.188. The summed E-state index contributed by atoms with van der Waals surface area (Å²) < 4.78 is 0. The van der Waals surface area contributed by atoms with E-state index in [1.54, 1.807) is 6.08 Å². The molecule has 0 aliphatic heterocycles. The van der Waals surface area contributed by atoms with Crippen molar-refractivity contribution in [3.8, 4) is 0 Å². The molecule has 0 saturated heterocycles. The van der Waals surface area contributed by atoms with Gasteiger partial charge in [0.15, 0.2) is 0 Å². The van der Waals surface area contributed by atoms with Gasteiger partial charge in [0.2, 0.25) is 6.08 Å². The highest BCUT2D eigenvalue weighted by Gasteiger charge is 2.55. The maximum absolute atomic E-state index is 11.8. The number of nitrogens with zero attached hydrogens (tertiary/aromatic N) is 1. The third-order valence-corrected chi connectivity index (χ3v) is 4.24. The zero-order chi connectivity index (χ0) is 9.76. The first-order chi connectivity index (χ1) is 6.72. The van der Waals surface area contributed by atoms with Crippen LogP contribution in [0.3, 0.4) is 0 Å². The van der Waals surface area contributed by atoms with Crippen LogP contribution in [0.1, 0.15) is 32.1 Å². The van der Waals surface area contributed by atoms with Gasteiger partial charge in [-0.3, -0.25) is 4.79 Å². The summed E-state index contributed by atoms with van der Waals surface area (Å²) in [5.74, 6) is 1.50. The summed E-state index contributed by atoms with van der Waals surface area (Å²) >= 11 is 0. The minimum absolute atomic E-state index is 0.188. The van der Waals surface area contributed by atoms with Gasteiger partial charge in [-0.05, 0) is 38.0 Å². The molecular formula is C11H13NO2. The van der Waals surface area contributed by atoms with E-state index in [0.29, 0.717) is 11.7 Å². The summed E-state index contributed by atoms with van der Waals surface area (Å²) in [6.07, 6.45) is 6.44. The fraction of sp³-hybridized carbons (Fsp3) is 0.818. The van der Waals surface area contributed by atoms with Gasteiger partial charge in [0.1, 0.15) is 5.78 Å². The number of carbonyl (C=O) groups is 1. The maximum Gasteiger partial charge on any atom is 0.235 e. The Labute approximate surface area is 82.6 Å². The van der Waals surface area contributed by atoms with Crippen molar-refractivity contribution in [3.63, 3.8) is 0 Å². The van der Waals surface area contributed by atoms with Gasteiger partial charge in [-0.1, -0.05) is 0 Å². The molecule has 0 spiro atoms. The third-order valence-electron chi connectivity index (χ3n) is 4.24. The van der Waals surface area contributed by atoms with Crippen LogP contribution in [0, 0.1) is 17.8 Å². The fourth-order valence-corrected chi connectivity index (χ4v) is 3.94. The Kier molecular flexibility index (Phi) is 1.52. The monoisotopic (exact) mass is 191 g/mol. The number of aliphatic imine (C=N–C) groups is 1. The van der Waals surface area contributed by atoms with Crippen molar-refractivity contribution >= 4 is 11.9 Å². The highest BCUT2D eigenvalue weighted by Crippen LogP contribution is 2.55. The number of hydrogen-bond donors (Lipinski definition) is 0. The van der Waals surface area contributed by atoms with Crippen LogP contribution in [0.15, 0.2) is 4.99 Å². The first-order valence-corrected chi connectivity index (χ1v) is 5.35. The van der Waals surface area contributed by atoms with Crippen LogP contribution in [-0.2, 0) is 9.59 Å². The zero-order valence-electron chi connectivity index (χ0n) is 8.03. The van der Waals surface area contributed by atoms with Crippen molar-refractivity contribution in [3.05, 3.63) is 0 Å². The SMILES string of the molecule is O=C=NC12CC3CC(C1)C(=O)C(C3)C2. The van der Waals surface area contributed by atoms with Crippen LogP contribution in [0.25, 0.3) is 0 Å². The van der Waals surface area contributed by atoms with Crippen LogP contribution in [0.4, 0.5) is 0 Å². The highest BCUT2D eigenvalue weighted by atomic mass is 16.1. The van der Waals surface area contributed by atoms with Crippen LogP contribution in [0.2, 0.25) is 0 Å². The average molecular weight is 191 g/mol. The molecule has 2 atom stereocenters. The molecule has 0 radical (unpaired) electrons. The molecule has 14 heavy (non-hydrogen) atoms. The standard InChI is InChI=1S/C11H13NO2/c13-6-12-11-3-7-1-8(4-11)10(14)9(2-7)5-11/h7-9H,1-5H2. The van der Waals surface area contributed by atoms with E-state index in [-0.39, 0.29) is 17.4 Å². The zero-order valence-corrected chi connectivity index (χ0v) is 8.03. The average Bonchev–Trinajstić information content (AvgIpc) is 2.12. The number of carbonyl (C=O) groups excluding carboxylic acids is 2. The van der Waals surface area contributed by atoms with Crippen molar-refractivity contribution < 1.29 is 9.59 Å². The second-order valence-electron chi connectivity index (χ2n) is 5.17. The Hall–Kier alpha value is -0.950. The van der Waals surface area contributed by atoms with E-state index < -0.39 is 0 Å². The molecule has 0 N–H and O–H groups in total. The van der Waals surface area contributed by atoms with Crippen molar-refractivity contribution in [1.82, 2.24) is 0 Å². The number of rotatable bonds is 1. The van der Waals surface area contributed by atoms with Crippen LogP contribution >= 0.6 is 0 Å². The lowest BCUT2D eigenvalue weighted by atomic mass is 9.52. The molecular weight excluding hydrogens is 178 g/mol. The Morgan fingerprint density at radius 2 is 1.86 bits per heavy atom. The normalized spacial score (nSPS) is 49.1. The molecule has 4 aliphatic rings. The van der Waals surface area contributed by atoms with Crippen molar-refractivity contribution in [2.75, 3.05) is 0 Å². The molecule has 0 aromatic rings. The lowest BCUT2D eigenvalue weighted by Gasteiger charge is -2.52. The molecule has 0 heterocycles. The summed E-state index contributed by atoms with van der Waals surface area (Å²) in [6.45, 7) is 0. The molecule has 0 aromatic carbocycles. The van der Waals surface area contributed by atoms with Crippen molar-refractivity contribution in [2.45, 2.75) is 37.6 Å². The molecule has 4 bridgehead atoms. The van der Waals surface area contributed by atoms with E-state index in [0.717, 1.165) is 32.1 Å². The highest BCUT2D eigenvalue weighted by molar-refractivity contribution is 5.86. The first kappa shape index (κ1) is 8.37. The molecule has 4 saturated carbocycles. The number of hydrogen-bond acceptors (Lipinski definition) is 3. The largest absolute Gasteiger partial charge is 0.299 e. The van der Waals surface area contributed by atoms with Gasteiger partial charge in [0, 0.05) is 11.8 Å². The maximum atomic E-state index is 11.8. The lowest BCUT2D eigenvalue weighted by molar-refractivity contribution is -0.141. The Bertz CT molecular complexity index is 325. The third kappa shape index (κ3) is 0.963. The fourth-order valence-electron chi connectivity index (χ4n) is 3.94. The van der Waals surface area contributed by atoms with E-state index in [4.69, 9.17) is 0 Å². The summed E-state index contributed by atoms with van der Waals surface area (Å²) in [6, 6.07) is 0. The Morgan fingerprint density at radius 3 is 2.43 bits per heavy atom. The van der Waals surface area contributed by atoms with Gasteiger partial charge in [-0.25, -0.2) is 4.79 Å². The Morgan fingerprint density at radius 1 is 1.21 bits per heavy atom. The molecule has 0 aromatic heterocycles. The van der Waals surface area contributed by atoms with Crippen molar-refractivity contribution in [1.29, 1.82) is 0 Å². The molecule has 4 aliphatic carbocycles. The quantitative estimate of drug-likeness (QED) is 0.465. The molecule has 3 nitrogen and oxygen atoms in total. The second kappa shape index (κ2) is 2.54. The van der Waals surface area contributed by atoms with Crippen LogP contribution in [-0.4, -0.2) is 17.4 Å². The number of isocyanates is 1. The van der Waals surface area contributed by atoms with Crippen molar-refractivity contribution in [2.24, 2.45) is 22.7 Å². The predicted octanol–water partition coefficient (Wildman–Crippen LogP) is 1.47. The summed E-state index contributed by atoms with van der Waals surface area (Å²) in [5, 5.41) is 0. The molecule has 2 unspecified atom stereocenters. The first-order valence-electron chi connectivity index (χ1n) is 5.35. The number of Topliss-reactive ketones (excluding diaryl/α,β-unsaturated/α-hetero) is 1. The van der Waals surface area contributed by atoms with E-state index in [2.05, 4.69) is 4.99 Å². The smallest absolute Gasteiger partial charge is 0.235 e. The van der Waals surface area contributed by atoms with Crippen LogP contribution < -0.4 is 0 Å². The molecule has 0 amide bonds. The van der Waals surface area contributed by atoms with Crippen LogP contribution in [0.5, 0.6) is 0 Å². The summed E-state index contributed by atoms with van der Waals surface area (Å²) in [7, 11) is 0. The van der Waals surface area contributed by atoms with Gasteiger partial charge < -0.3 is 0 Å². The van der Waals surface area contributed by atoms with Gasteiger partial charge in [0.25, 0.3) is 0 Å². The molecule has 74 valence electrons.